The molecule has 4 heteroatoms. The van der Waals surface area contributed by atoms with Crippen molar-refractivity contribution in [2.75, 3.05) is 5.32 Å². The molecule has 1 N–H and O–H groups in total. The second-order valence-corrected chi connectivity index (χ2v) is 4.36. The highest BCUT2D eigenvalue weighted by atomic mass is 35.5. The number of nitrogens with one attached hydrogen (secondary N) is 1. The Kier molecular flexibility index (Phi) is 3.67. The van der Waals surface area contributed by atoms with E-state index >= 15 is 0 Å². The van der Waals surface area contributed by atoms with Gasteiger partial charge in [-0.15, -0.1) is 0 Å². The van der Waals surface area contributed by atoms with Gasteiger partial charge in [0.05, 0.1) is 0 Å². The molecule has 2 aromatic rings. The molecule has 0 unspecified atom stereocenters. The van der Waals surface area contributed by atoms with E-state index in [4.69, 9.17) is 23.2 Å². The van der Waals surface area contributed by atoms with Gasteiger partial charge in [-0.05, 0) is 36.4 Å². The molecule has 0 spiro atoms. The number of halogens is 2. The minimum atomic E-state index is 0.512. The van der Waals surface area contributed by atoms with Crippen molar-refractivity contribution in [2.24, 2.45) is 0 Å². The number of aldehydes is 1. The number of hydrogen-bond donors (Lipinski definition) is 1. The van der Waals surface area contributed by atoms with Gasteiger partial charge < -0.3 is 5.32 Å². The third-order valence-electron chi connectivity index (χ3n) is 2.24. The molecule has 86 valence electrons. The highest BCUT2D eigenvalue weighted by molar-refractivity contribution is 6.31. The number of carbonyl (C=O) groups excluding carboxylic acids is 1. The van der Waals surface area contributed by atoms with Gasteiger partial charge in [0.15, 0.2) is 6.29 Å². The normalized spacial score (nSPS) is 10.0. The molecule has 0 bridgehead atoms. The van der Waals surface area contributed by atoms with E-state index in [0.717, 1.165) is 12.0 Å². The van der Waals surface area contributed by atoms with E-state index in [9.17, 15) is 4.79 Å². The van der Waals surface area contributed by atoms with E-state index < -0.39 is 0 Å². The van der Waals surface area contributed by atoms with Crippen LogP contribution >= 0.6 is 23.2 Å². The highest BCUT2D eigenvalue weighted by Crippen LogP contribution is 2.24. The topological polar surface area (TPSA) is 29.1 Å². The number of carbonyl (C=O) groups is 1. The Morgan fingerprint density at radius 3 is 2.47 bits per heavy atom. The quantitative estimate of drug-likeness (QED) is 0.825. The van der Waals surface area contributed by atoms with Crippen LogP contribution in [-0.4, -0.2) is 6.29 Å². The van der Waals surface area contributed by atoms with Gasteiger partial charge in [0, 0.05) is 27.0 Å². The van der Waals surface area contributed by atoms with Crippen LogP contribution in [0.4, 0.5) is 11.4 Å². The molecule has 0 saturated carbocycles. The summed E-state index contributed by atoms with van der Waals surface area (Å²) in [6, 6.07) is 12.4. The smallest absolute Gasteiger partial charge is 0.152 e. The van der Waals surface area contributed by atoms with E-state index in [1.807, 2.05) is 12.1 Å². The van der Waals surface area contributed by atoms with Crippen LogP contribution in [0.5, 0.6) is 0 Å². The van der Waals surface area contributed by atoms with E-state index in [-0.39, 0.29) is 0 Å². The van der Waals surface area contributed by atoms with Crippen LogP contribution in [0.1, 0.15) is 10.4 Å². The van der Waals surface area contributed by atoms with E-state index in [0.29, 0.717) is 21.3 Å². The number of hydrogen-bond acceptors (Lipinski definition) is 2. The molecule has 0 aliphatic carbocycles. The average Bonchev–Trinajstić information content (AvgIpc) is 2.31. The fourth-order valence-corrected chi connectivity index (χ4v) is 1.84. The van der Waals surface area contributed by atoms with Crippen LogP contribution in [0.3, 0.4) is 0 Å². The number of benzene rings is 2. The lowest BCUT2D eigenvalue weighted by Gasteiger charge is -2.09. The Balaban J connectivity index is 2.32. The van der Waals surface area contributed by atoms with Crippen LogP contribution in [0.15, 0.2) is 42.5 Å². The monoisotopic (exact) mass is 265 g/mol. The zero-order chi connectivity index (χ0) is 12.3. The summed E-state index contributed by atoms with van der Waals surface area (Å²) < 4.78 is 0. The molecular weight excluding hydrogens is 257 g/mol. The van der Waals surface area contributed by atoms with Crippen molar-refractivity contribution in [3.05, 3.63) is 58.1 Å². The largest absolute Gasteiger partial charge is 0.355 e. The molecule has 0 fully saturated rings. The zero-order valence-corrected chi connectivity index (χ0v) is 10.3. The van der Waals surface area contributed by atoms with Gasteiger partial charge in [0.1, 0.15) is 0 Å². The van der Waals surface area contributed by atoms with Gasteiger partial charge in [-0.2, -0.15) is 0 Å². The molecular formula is C13H9Cl2NO. The second-order valence-electron chi connectivity index (χ2n) is 3.48. The number of rotatable bonds is 3. The SMILES string of the molecule is O=Cc1cc(Cl)ccc1Nc1cccc(Cl)c1. The minimum absolute atomic E-state index is 0.512. The molecule has 0 aliphatic rings. The van der Waals surface area contributed by atoms with Gasteiger partial charge >= 0.3 is 0 Å². The molecule has 2 rings (SSSR count). The van der Waals surface area contributed by atoms with Crippen molar-refractivity contribution in [3.8, 4) is 0 Å². The minimum Gasteiger partial charge on any atom is -0.355 e. The number of anilines is 2. The van der Waals surface area contributed by atoms with Crippen molar-refractivity contribution in [2.45, 2.75) is 0 Å². The van der Waals surface area contributed by atoms with Crippen molar-refractivity contribution >= 4 is 40.9 Å². The summed E-state index contributed by atoms with van der Waals surface area (Å²) in [5.41, 5.74) is 2.03. The molecule has 0 heterocycles. The lowest BCUT2D eigenvalue weighted by atomic mass is 10.2. The molecule has 0 aliphatic heterocycles. The Morgan fingerprint density at radius 1 is 1.00 bits per heavy atom. The molecule has 2 nitrogen and oxygen atoms in total. The Labute approximate surface area is 109 Å². The van der Waals surface area contributed by atoms with Crippen LogP contribution in [0.25, 0.3) is 0 Å². The predicted molar refractivity (Wildman–Crippen MR) is 71.6 cm³/mol. The molecule has 0 aromatic heterocycles. The van der Waals surface area contributed by atoms with E-state index in [2.05, 4.69) is 5.32 Å². The third kappa shape index (κ3) is 2.99. The van der Waals surface area contributed by atoms with Crippen LogP contribution in [-0.2, 0) is 0 Å². The van der Waals surface area contributed by atoms with Crippen molar-refractivity contribution < 1.29 is 4.79 Å². The van der Waals surface area contributed by atoms with Gasteiger partial charge in [-0.3, -0.25) is 4.79 Å². The van der Waals surface area contributed by atoms with Gasteiger partial charge in [0.25, 0.3) is 0 Å². The first-order chi connectivity index (χ1) is 8.19. The molecule has 2 aromatic carbocycles. The van der Waals surface area contributed by atoms with Gasteiger partial charge in [0.2, 0.25) is 0 Å². The first kappa shape index (κ1) is 12.0. The summed E-state index contributed by atoms with van der Waals surface area (Å²) in [4.78, 5) is 10.9. The van der Waals surface area contributed by atoms with Gasteiger partial charge in [-0.25, -0.2) is 0 Å². The Morgan fingerprint density at radius 2 is 1.76 bits per heavy atom. The van der Waals surface area contributed by atoms with Crippen LogP contribution in [0.2, 0.25) is 10.0 Å². The van der Waals surface area contributed by atoms with E-state index in [1.165, 1.54) is 0 Å². The standard InChI is InChI=1S/C13H9Cl2NO/c14-10-2-1-3-12(7-10)16-13-5-4-11(15)6-9(13)8-17/h1-8,16H. The maximum atomic E-state index is 10.9. The maximum Gasteiger partial charge on any atom is 0.152 e. The summed E-state index contributed by atoms with van der Waals surface area (Å²) >= 11 is 11.7. The lowest BCUT2D eigenvalue weighted by Crippen LogP contribution is -1.95. The molecule has 0 radical (unpaired) electrons. The fraction of sp³-hybridized carbons (Fsp3) is 0. The molecule has 0 atom stereocenters. The van der Waals surface area contributed by atoms with Crippen LogP contribution in [0, 0.1) is 0 Å². The first-order valence-electron chi connectivity index (χ1n) is 4.96. The predicted octanol–water partition coefficient (Wildman–Crippen LogP) is 4.55. The fourth-order valence-electron chi connectivity index (χ4n) is 1.47. The summed E-state index contributed by atoms with van der Waals surface area (Å²) in [5, 5.41) is 4.28. The molecule has 17 heavy (non-hydrogen) atoms. The maximum absolute atomic E-state index is 10.9. The summed E-state index contributed by atoms with van der Waals surface area (Å²) in [7, 11) is 0. The highest BCUT2D eigenvalue weighted by Gasteiger charge is 2.03. The Hall–Kier alpha value is -1.51. The molecule has 0 saturated heterocycles. The van der Waals surface area contributed by atoms with E-state index in [1.54, 1.807) is 30.3 Å². The first-order valence-corrected chi connectivity index (χ1v) is 5.72. The summed E-state index contributed by atoms with van der Waals surface area (Å²) in [6.45, 7) is 0. The van der Waals surface area contributed by atoms with Crippen molar-refractivity contribution in [1.82, 2.24) is 0 Å². The summed E-state index contributed by atoms with van der Waals surface area (Å²) in [6.07, 6.45) is 0.763. The third-order valence-corrected chi connectivity index (χ3v) is 2.71. The van der Waals surface area contributed by atoms with Crippen LogP contribution < -0.4 is 5.32 Å². The zero-order valence-electron chi connectivity index (χ0n) is 8.78. The Bertz CT molecular complexity index is 555. The van der Waals surface area contributed by atoms with Gasteiger partial charge in [-0.1, -0.05) is 29.3 Å². The average molecular weight is 266 g/mol. The van der Waals surface area contributed by atoms with Crippen molar-refractivity contribution in [3.63, 3.8) is 0 Å². The van der Waals surface area contributed by atoms with Crippen molar-refractivity contribution in [1.29, 1.82) is 0 Å². The summed E-state index contributed by atoms with van der Waals surface area (Å²) in [5.74, 6) is 0. The molecule has 0 amide bonds. The lowest BCUT2D eigenvalue weighted by molar-refractivity contribution is 0.112. The second kappa shape index (κ2) is 5.21.